The highest BCUT2D eigenvalue weighted by molar-refractivity contribution is 5.91. The van der Waals surface area contributed by atoms with Gasteiger partial charge in [-0.3, -0.25) is 14.2 Å². The number of amides is 1. The van der Waals surface area contributed by atoms with Crippen LogP contribution in [0.4, 0.5) is 5.69 Å². The minimum absolute atomic E-state index is 0.142. The molecule has 1 N–H and O–H groups in total. The van der Waals surface area contributed by atoms with Crippen molar-refractivity contribution in [1.82, 2.24) is 9.13 Å². The predicted octanol–water partition coefficient (Wildman–Crippen LogP) is 0.983. The number of carbonyl (C=O) groups is 1. The van der Waals surface area contributed by atoms with Crippen molar-refractivity contribution < 1.29 is 4.79 Å². The van der Waals surface area contributed by atoms with Gasteiger partial charge in [0.15, 0.2) is 0 Å². The summed E-state index contributed by atoms with van der Waals surface area (Å²) >= 11 is 0. The molecule has 0 radical (unpaired) electrons. The molecule has 0 saturated heterocycles. The molecule has 0 unspecified atom stereocenters. The lowest BCUT2D eigenvalue weighted by atomic mass is 10.1. The van der Waals surface area contributed by atoms with Crippen molar-refractivity contribution in [2.75, 3.05) is 5.32 Å². The first kappa shape index (κ1) is 17.2. The normalized spacial score (nSPS) is 10.3. The number of nitrogens with zero attached hydrogens (tertiary/aromatic N) is 3. The van der Waals surface area contributed by atoms with E-state index < -0.39 is 23.7 Å². The monoisotopic (exact) mass is 326 g/mol. The Hall–Kier alpha value is -3.14. The van der Waals surface area contributed by atoms with E-state index in [2.05, 4.69) is 5.32 Å². The summed E-state index contributed by atoms with van der Waals surface area (Å²) in [6.07, 6.45) is 0. The number of carbonyl (C=O) groups excluding carboxylic acids is 1. The first-order valence-corrected chi connectivity index (χ1v) is 7.34. The van der Waals surface area contributed by atoms with E-state index in [9.17, 15) is 14.4 Å². The summed E-state index contributed by atoms with van der Waals surface area (Å²) in [5.41, 5.74) is 1.30. The van der Waals surface area contributed by atoms with E-state index in [0.29, 0.717) is 5.69 Å². The molecule has 1 amide bonds. The standard InChI is InChI=1S/C17H18N4O3/c1-10-5-6-14(11(2)7-10)19-15(22)9-21-16(23)13(8-18)12(3)20(4)17(21)24/h5-7H,9H2,1-4H3,(H,19,22). The molecule has 1 aromatic carbocycles. The van der Waals surface area contributed by atoms with E-state index in [4.69, 9.17) is 5.26 Å². The summed E-state index contributed by atoms with van der Waals surface area (Å²) in [4.78, 5) is 36.7. The lowest BCUT2D eigenvalue weighted by molar-refractivity contribution is -0.116. The largest absolute Gasteiger partial charge is 0.331 e. The van der Waals surface area contributed by atoms with Crippen LogP contribution in [-0.4, -0.2) is 15.0 Å². The molecule has 0 atom stereocenters. The lowest BCUT2D eigenvalue weighted by Crippen LogP contribution is -2.44. The van der Waals surface area contributed by atoms with Gasteiger partial charge in [-0.25, -0.2) is 9.36 Å². The van der Waals surface area contributed by atoms with Gasteiger partial charge in [0, 0.05) is 18.4 Å². The van der Waals surface area contributed by atoms with E-state index in [1.54, 1.807) is 12.1 Å². The van der Waals surface area contributed by atoms with Crippen molar-refractivity contribution in [1.29, 1.82) is 5.26 Å². The second kappa shape index (κ2) is 6.54. The Balaban J connectivity index is 2.37. The van der Waals surface area contributed by atoms with Crippen LogP contribution in [0, 0.1) is 32.1 Å². The molecule has 7 heteroatoms. The van der Waals surface area contributed by atoms with E-state index in [-0.39, 0.29) is 11.3 Å². The van der Waals surface area contributed by atoms with Gasteiger partial charge in [0.05, 0.1) is 0 Å². The average molecular weight is 326 g/mol. The fourth-order valence-electron chi connectivity index (χ4n) is 2.42. The molecule has 124 valence electrons. The van der Waals surface area contributed by atoms with Gasteiger partial charge in [0.1, 0.15) is 18.2 Å². The van der Waals surface area contributed by atoms with Crippen LogP contribution in [0.25, 0.3) is 0 Å². The Labute approximate surface area is 138 Å². The molecule has 1 aromatic heterocycles. The summed E-state index contributed by atoms with van der Waals surface area (Å²) < 4.78 is 1.95. The molecule has 24 heavy (non-hydrogen) atoms. The number of anilines is 1. The zero-order valence-electron chi connectivity index (χ0n) is 14.0. The zero-order valence-corrected chi connectivity index (χ0v) is 14.0. The smallest absolute Gasteiger partial charge is 0.324 e. The van der Waals surface area contributed by atoms with Gasteiger partial charge in [-0.2, -0.15) is 5.26 Å². The SMILES string of the molecule is Cc1ccc(NC(=O)Cn2c(=O)c(C#N)c(C)n(C)c2=O)c(C)c1. The van der Waals surface area contributed by atoms with Gasteiger partial charge < -0.3 is 5.32 Å². The summed E-state index contributed by atoms with van der Waals surface area (Å²) in [6.45, 7) is 4.86. The van der Waals surface area contributed by atoms with Crippen LogP contribution in [-0.2, 0) is 18.4 Å². The fourth-order valence-corrected chi connectivity index (χ4v) is 2.42. The van der Waals surface area contributed by atoms with Crippen LogP contribution in [0.3, 0.4) is 0 Å². The highest BCUT2D eigenvalue weighted by Gasteiger charge is 2.16. The molecule has 0 spiro atoms. The maximum Gasteiger partial charge on any atom is 0.331 e. The lowest BCUT2D eigenvalue weighted by Gasteiger charge is -2.12. The van der Waals surface area contributed by atoms with Crippen molar-refractivity contribution in [2.24, 2.45) is 7.05 Å². The molecule has 0 aliphatic heterocycles. The quantitative estimate of drug-likeness (QED) is 0.909. The molecular formula is C17H18N4O3. The first-order chi connectivity index (χ1) is 11.3. The Morgan fingerprint density at radius 1 is 1.25 bits per heavy atom. The van der Waals surface area contributed by atoms with Gasteiger partial charge in [0.25, 0.3) is 5.56 Å². The van der Waals surface area contributed by atoms with E-state index in [1.165, 1.54) is 18.5 Å². The van der Waals surface area contributed by atoms with Crippen molar-refractivity contribution in [3.8, 4) is 6.07 Å². The van der Waals surface area contributed by atoms with Crippen molar-refractivity contribution in [3.05, 3.63) is 61.4 Å². The summed E-state index contributed by atoms with van der Waals surface area (Å²) in [5.74, 6) is -0.506. The Bertz CT molecular complexity index is 977. The highest BCUT2D eigenvalue weighted by Crippen LogP contribution is 2.15. The van der Waals surface area contributed by atoms with Crippen molar-refractivity contribution in [3.63, 3.8) is 0 Å². The molecule has 7 nitrogen and oxygen atoms in total. The number of aryl methyl sites for hydroxylation is 2. The summed E-state index contributed by atoms with van der Waals surface area (Å²) in [7, 11) is 1.45. The minimum Gasteiger partial charge on any atom is -0.324 e. The number of nitrogens with one attached hydrogen (secondary N) is 1. The van der Waals surface area contributed by atoms with Gasteiger partial charge in [0.2, 0.25) is 5.91 Å². The first-order valence-electron chi connectivity index (χ1n) is 7.34. The Morgan fingerprint density at radius 3 is 2.50 bits per heavy atom. The number of hydrogen-bond donors (Lipinski definition) is 1. The number of hydrogen-bond acceptors (Lipinski definition) is 4. The van der Waals surface area contributed by atoms with Gasteiger partial charge in [-0.1, -0.05) is 17.7 Å². The Kier molecular flexibility index (Phi) is 4.69. The molecule has 0 aliphatic carbocycles. The van der Waals surface area contributed by atoms with Crippen molar-refractivity contribution in [2.45, 2.75) is 27.3 Å². The molecule has 0 aliphatic rings. The number of rotatable bonds is 3. The molecule has 0 saturated carbocycles. The summed E-state index contributed by atoms with van der Waals surface area (Å²) in [5, 5.41) is 11.8. The highest BCUT2D eigenvalue weighted by atomic mass is 16.2. The minimum atomic E-state index is -0.756. The van der Waals surface area contributed by atoms with Crippen LogP contribution < -0.4 is 16.6 Å². The van der Waals surface area contributed by atoms with Crippen LogP contribution in [0.2, 0.25) is 0 Å². The second-order valence-corrected chi connectivity index (χ2v) is 5.67. The van der Waals surface area contributed by atoms with Gasteiger partial charge in [-0.05, 0) is 32.4 Å². The number of nitriles is 1. The molecule has 2 rings (SSSR count). The number of aromatic nitrogens is 2. The maximum absolute atomic E-state index is 12.2. The molecular weight excluding hydrogens is 308 g/mol. The summed E-state index contributed by atoms with van der Waals surface area (Å²) in [6, 6.07) is 7.32. The van der Waals surface area contributed by atoms with Crippen LogP contribution in [0.15, 0.2) is 27.8 Å². The third kappa shape index (κ3) is 3.13. The third-order valence-corrected chi connectivity index (χ3v) is 3.91. The average Bonchev–Trinajstić information content (AvgIpc) is 2.53. The van der Waals surface area contributed by atoms with E-state index in [1.807, 2.05) is 26.0 Å². The molecule has 0 bridgehead atoms. The number of benzene rings is 1. The van der Waals surface area contributed by atoms with Crippen molar-refractivity contribution >= 4 is 11.6 Å². The van der Waals surface area contributed by atoms with Crippen LogP contribution in [0.1, 0.15) is 22.4 Å². The van der Waals surface area contributed by atoms with Crippen LogP contribution >= 0.6 is 0 Å². The maximum atomic E-state index is 12.2. The predicted molar refractivity (Wildman–Crippen MR) is 89.9 cm³/mol. The zero-order chi connectivity index (χ0) is 18.0. The topological polar surface area (TPSA) is 96.9 Å². The fraction of sp³-hybridized carbons (Fsp3) is 0.294. The van der Waals surface area contributed by atoms with Gasteiger partial charge >= 0.3 is 5.69 Å². The van der Waals surface area contributed by atoms with Gasteiger partial charge in [-0.15, -0.1) is 0 Å². The van der Waals surface area contributed by atoms with Crippen LogP contribution in [0.5, 0.6) is 0 Å². The third-order valence-electron chi connectivity index (χ3n) is 3.91. The van der Waals surface area contributed by atoms with E-state index in [0.717, 1.165) is 15.7 Å². The Morgan fingerprint density at radius 2 is 1.92 bits per heavy atom. The molecule has 1 heterocycles. The molecule has 2 aromatic rings. The molecule has 0 fully saturated rings. The second-order valence-electron chi connectivity index (χ2n) is 5.67. The van der Waals surface area contributed by atoms with E-state index >= 15 is 0 Å².